The van der Waals surface area contributed by atoms with Crippen molar-refractivity contribution in [3.63, 3.8) is 0 Å². The van der Waals surface area contributed by atoms with Gasteiger partial charge in [0.2, 0.25) is 5.78 Å². The molecule has 0 saturated carbocycles. The Hall–Kier alpha value is -2.76. The van der Waals surface area contributed by atoms with Gasteiger partial charge in [0, 0.05) is 5.56 Å². The third-order valence-corrected chi connectivity index (χ3v) is 7.31. The van der Waals surface area contributed by atoms with Crippen LogP contribution in [-0.2, 0) is 15.5 Å². The van der Waals surface area contributed by atoms with Gasteiger partial charge in [0.15, 0.2) is 5.60 Å². The lowest BCUT2D eigenvalue weighted by Crippen LogP contribution is -2.40. The molecular formula is C23H18O4S. The predicted molar refractivity (Wildman–Crippen MR) is 106 cm³/mol. The highest BCUT2D eigenvalue weighted by molar-refractivity contribution is 7.85. The molecule has 3 aromatic rings. The molecule has 0 bridgehead atoms. The van der Waals surface area contributed by atoms with E-state index in [0.29, 0.717) is 10.5 Å². The van der Waals surface area contributed by atoms with Gasteiger partial charge in [0.1, 0.15) is 17.1 Å². The van der Waals surface area contributed by atoms with E-state index >= 15 is 0 Å². The molecule has 2 aliphatic rings. The number of methoxy groups -OCH3 is 1. The summed E-state index contributed by atoms with van der Waals surface area (Å²) in [5.41, 5.74) is 1.07. The predicted octanol–water partition coefficient (Wildman–Crippen LogP) is 4.25. The summed E-state index contributed by atoms with van der Waals surface area (Å²) in [4.78, 5) is 14.1. The van der Waals surface area contributed by atoms with Gasteiger partial charge in [-0.1, -0.05) is 60.7 Å². The van der Waals surface area contributed by atoms with Gasteiger partial charge in [-0.25, -0.2) is 0 Å². The van der Waals surface area contributed by atoms with Gasteiger partial charge in [-0.15, -0.1) is 0 Å². The van der Waals surface area contributed by atoms with Crippen LogP contribution in [0.2, 0.25) is 0 Å². The molecule has 1 saturated heterocycles. The number of fused-ring (bicyclic) bond motifs is 1. The Kier molecular flexibility index (Phi) is 3.96. The van der Waals surface area contributed by atoms with Crippen molar-refractivity contribution >= 4 is 16.6 Å². The van der Waals surface area contributed by atoms with Crippen LogP contribution in [0.15, 0.2) is 83.8 Å². The molecule has 0 amide bonds. The fraction of sp³-hybridized carbons (Fsp3) is 0.174. The maximum atomic E-state index is 13.6. The molecule has 1 spiro atoms. The summed E-state index contributed by atoms with van der Waals surface area (Å²) in [5.74, 6) is 0.638. The van der Waals surface area contributed by atoms with E-state index in [2.05, 4.69) is 0 Å². The zero-order valence-corrected chi connectivity index (χ0v) is 16.0. The normalized spacial score (nSPS) is 28.0. The number of carbonyl (C=O) groups excluding carboxylic acids is 1. The van der Waals surface area contributed by atoms with Crippen LogP contribution < -0.4 is 4.74 Å². The number of epoxide rings is 1. The fourth-order valence-corrected chi connectivity index (χ4v) is 5.92. The molecule has 2 heterocycles. The quantitative estimate of drug-likeness (QED) is 0.628. The second-order valence-electron chi connectivity index (χ2n) is 6.98. The van der Waals surface area contributed by atoms with Crippen molar-refractivity contribution in [2.24, 2.45) is 0 Å². The maximum Gasteiger partial charge on any atom is 0.200 e. The van der Waals surface area contributed by atoms with E-state index in [4.69, 9.17) is 9.47 Å². The number of carbonyl (C=O) groups is 1. The molecule has 1 unspecified atom stereocenters. The van der Waals surface area contributed by atoms with E-state index in [0.717, 1.165) is 16.9 Å². The number of ketones is 1. The van der Waals surface area contributed by atoms with E-state index in [1.807, 2.05) is 60.7 Å². The second kappa shape index (κ2) is 6.40. The van der Waals surface area contributed by atoms with Crippen molar-refractivity contribution < 1.29 is 18.5 Å². The molecule has 140 valence electrons. The Bertz CT molecular complexity index is 1080. The largest absolute Gasteiger partial charge is 0.497 e. The lowest BCUT2D eigenvalue weighted by atomic mass is 9.85. The highest BCUT2D eigenvalue weighted by Gasteiger charge is 2.71. The van der Waals surface area contributed by atoms with E-state index in [1.165, 1.54) is 0 Å². The van der Waals surface area contributed by atoms with Crippen molar-refractivity contribution in [2.45, 2.75) is 21.9 Å². The standard InChI is InChI=1S/C23H18O4S/c1-26-17-13-11-15(12-14-17)21-23(27-21)20(24)18-9-5-6-10-19(18)28(25)22(23)16-7-3-2-4-8-16/h2-14,21-22H,1H3/t21-,22+,23-,28?/m1/s1. The molecule has 1 fully saturated rings. The average molecular weight is 390 g/mol. The summed E-state index contributed by atoms with van der Waals surface area (Å²) in [6, 6.07) is 24.2. The number of Topliss-reactive ketones (excluding diaryl/α,β-unsaturated/α-hetero) is 1. The molecule has 4 atom stereocenters. The molecule has 0 aromatic heterocycles. The Balaban J connectivity index is 1.66. The number of rotatable bonds is 3. The van der Waals surface area contributed by atoms with Gasteiger partial charge in [-0.2, -0.15) is 0 Å². The molecule has 4 nitrogen and oxygen atoms in total. The van der Waals surface area contributed by atoms with Gasteiger partial charge in [-0.05, 0) is 29.3 Å². The topological polar surface area (TPSA) is 55.9 Å². The van der Waals surface area contributed by atoms with Crippen LogP contribution in [0.3, 0.4) is 0 Å². The Morgan fingerprint density at radius 3 is 2.29 bits per heavy atom. The van der Waals surface area contributed by atoms with Crippen molar-refractivity contribution in [2.75, 3.05) is 7.11 Å². The first-order chi connectivity index (χ1) is 13.7. The summed E-state index contributed by atoms with van der Waals surface area (Å²) in [6.07, 6.45) is -0.437. The van der Waals surface area contributed by atoms with Crippen molar-refractivity contribution in [1.82, 2.24) is 0 Å². The average Bonchev–Trinajstić information content (AvgIpc) is 3.49. The van der Waals surface area contributed by atoms with E-state index in [-0.39, 0.29) is 5.78 Å². The molecule has 28 heavy (non-hydrogen) atoms. The van der Waals surface area contributed by atoms with Crippen LogP contribution >= 0.6 is 0 Å². The van der Waals surface area contributed by atoms with Crippen LogP contribution in [-0.4, -0.2) is 22.7 Å². The fourth-order valence-electron chi connectivity index (χ4n) is 4.07. The molecule has 0 N–H and O–H groups in total. The summed E-state index contributed by atoms with van der Waals surface area (Å²) >= 11 is 0. The van der Waals surface area contributed by atoms with Crippen LogP contribution in [0, 0.1) is 0 Å². The third kappa shape index (κ3) is 2.40. The molecule has 3 aromatic carbocycles. The number of ether oxygens (including phenoxy) is 2. The number of hydrogen-bond donors (Lipinski definition) is 0. The lowest BCUT2D eigenvalue weighted by molar-refractivity contribution is 0.0859. The van der Waals surface area contributed by atoms with Gasteiger partial charge < -0.3 is 9.47 Å². The van der Waals surface area contributed by atoms with Crippen molar-refractivity contribution in [3.05, 3.63) is 95.6 Å². The second-order valence-corrected chi connectivity index (χ2v) is 8.48. The SMILES string of the molecule is COc1ccc([C@H]2O[C@]23C(=O)c2ccccc2S(=O)[C@H]3c2ccccc2)cc1. The summed E-state index contributed by atoms with van der Waals surface area (Å²) in [5, 5.41) is -0.553. The highest BCUT2D eigenvalue weighted by Crippen LogP contribution is 2.63. The van der Waals surface area contributed by atoms with Crippen LogP contribution in [0.1, 0.15) is 32.8 Å². The molecule has 0 aliphatic carbocycles. The third-order valence-electron chi connectivity index (χ3n) is 5.47. The number of benzene rings is 3. The first-order valence-electron chi connectivity index (χ1n) is 9.08. The number of hydrogen-bond acceptors (Lipinski definition) is 4. The van der Waals surface area contributed by atoms with Crippen LogP contribution in [0.25, 0.3) is 0 Å². The minimum Gasteiger partial charge on any atom is -0.497 e. The summed E-state index contributed by atoms with van der Waals surface area (Å²) < 4.78 is 24.9. The van der Waals surface area contributed by atoms with Gasteiger partial charge in [0.05, 0.1) is 22.8 Å². The van der Waals surface area contributed by atoms with Crippen molar-refractivity contribution in [1.29, 1.82) is 0 Å². The maximum absolute atomic E-state index is 13.6. The lowest BCUT2D eigenvalue weighted by Gasteiger charge is -2.30. The Labute approximate surface area is 165 Å². The van der Waals surface area contributed by atoms with Crippen LogP contribution in [0.5, 0.6) is 5.75 Å². The zero-order chi connectivity index (χ0) is 19.3. The molecule has 2 aliphatic heterocycles. The zero-order valence-electron chi connectivity index (χ0n) is 15.2. The summed E-state index contributed by atoms with van der Waals surface area (Å²) in [6.45, 7) is 0. The molecule has 5 heteroatoms. The summed E-state index contributed by atoms with van der Waals surface area (Å²) in [7, 11) is 0.209. The molecule has 5 rings (SSSR count). The molecular weight excluding hydrogens is 372 g/mol. The molecule has 0 radical (unpaired) electrons. The minimum atomic E-state index is -1.40. The van der Waals surface area contributed by atoms with Gasteiger partial charge in [-0.3, -0.25) is 9.00 Å². The minimum absolute atomic E-state index is 0.0997. The van der Waals surface area contributed by atoms with Crippen LogP contribution in [0.4, 0.5) is 0 Å². The van der Waals surface area contributed by atoms with Gasteiger partial charge in [0.25, 0.3) is 0 Å². The van der Waals surface area contributed by atoms with E-state index in [1.54, 1.807) is 25.3 Å². The van der Waals surface area contributed by atoms with E-state index in [9.17, 15) is 9.00 Å². The first kappa shape index (κ1) is 17.3. The first-order valence-corrected chi connectivity index (χ1v) is 10.3. The van der Waals surface area contributed by atoms with Crippen molar-refractivity contribution in [3.8, 4) is 5.75 Å². The Morgan fingerprint density at radius 2 is 1.57 bits per heavy atom. The van der Waals surface area contributed by atoms with E-state index < -0.39 is 27.8 Å². The smallest absolute Gasteiger partial charge is 0.200 e. The highest BCUT2D eigenvalue weighted by atomic mass is 32.2. The monoisotopic (exact) mass is 390 g/mol. The van der Waals surface area contributed by atoms with Gasteiger partial charge >= 0.3 is 0 Å². The Morgan fingerprint density at radius 1 is 0.893 bits per heavy atom.